The molecule has 0 spiro atoms. The summed E-state index contributed by atoms with van der Waals surface area (Å²) in [5.41, 5.74) is 4.01. The third kappa shape index (κ3) is 6.79. The van der Waals surface area contributed by atoms with E-state index in [1.165, 1.54) is 5.56 Å². The first-order valence-corrected chi connectivity index (χ1v) is 11.0. The molecule has 168 valence electrons. The summed E-state index contributed by atoms with van der Waals surface area (Å²) < 4.78 is 12.9. The number of carbonyl (C=O) groups is 1. The maximum absolute atomic E-state index is 12.3. The second-order valence-corrected chi connectivity index (χ2v) is 7.54. The van der Waals surface area contributed by atoms with Gasteiger partial charge in [0.25, 0.3) is 0 Å². The summed E-state index contributed by atoms with van der Waals surface area (Å²) in [6.07, 6.45) is 1.99. The van der Waals surface area contributed by atoms with E-state index in [0.717, 1.165) is 22.6 Å². The van der Waals surface area contributed by atoms with Crippen LogP contribution in [-0.2, 0) is 22.6 Å². The molecule has 6 nitrogen and oxygen atoms in total. The molecule has 0 fully saturated rings. The maximum atomic E-state index is 12.3. The van der Waals surface area contributed by atoms with Gasteiger partial charge in [-0.05, 0) is 17.7 Å². The van der Waals surface area contributed by atoms with E-state index in [4.69, 9.17) is 14.6 Å². The van der Waals surface area contributed by atoms with Gasteiger partial charge in [-0.15, -0.1) is 0 Å². The molecule has 1 N–H and O–H groups in total. The van der Waals surface area contributed by atoms with E-state index in [1.54, 1.807) is 0 Å². The first-order valence-electron chi connectivity index (χ1n) is 11.0. The van der Waals surface area contributed by atoms with Gasteiger partial charge in [-0.1, -0.05) is 78.9 Å². The van der Waals surface area contributed by atoms with Gasteiger partial charge in [-0.3, -0.25) is 9.48 Å². The molecule has 0 saturated carbocycles. The lowest BCUT2D eigenvalue weighted by atomic mass is 10.1. The number of hydrogen-bond acceptors (Lipinski definition) is 4. The Morgan fingerprint density at radius 3 is 2.24 bits per heavy atom. The maximum Gasteiger partial charge on any atom is 0.246 e. The smallest absolute Gasteiger partial charge is 0.246 e. The Balaban J connectivity index is 1.31. The van der Waals surface area contributed by atoms with E-state index >= 15 is 0 Å². The average molecular weight is 442 g/mol. The fraction of sp³-hybridized carbons (Fsp3) is 0.185. The van der Waals surface area contributed by atoms with Gasteiger partial charge < -0.3 is 14.8 Å². The molecule has 0 aliphatic rings. The lowest BCUT2D eigenvalue weighted by Gasteiger charge is -2.08. The predicted octanol–water partition coefficient (Wildman–Crippen LogP) is 4.31. The molecule has 0 bridgehead atoms. The molecule has 4 rings (SSSR count). The third-order valence-corrected chi connectivity index (χ3v) is 5.02. The van der Waals surface area contributed by atoms with E-state index in [-0.39, 0.29) is 12.5 Å². The van der Waals surface area contributed by atoms with Gasteiger partial charge in [0.05, 0.1) is 18.8 Å². The second-order valence-electron chi connectivity index (χ2n) is 7.54. The molecule has 0 aliphatic carbocycles. The van der Waals surface area contributed by atoms with Gasteiger partial charge in [0.1, 0.15) is 19.0 Å². The molecule has 33 heavy (non-hydrogen) atoms. The Labute approximate surface area is 193 Å². The highest BCUT2D eigenvalue weighted by Gasteiger charge is 2.13. The fourth-order valence-corrected chi connectivity index (χ4v) is 3.43. The Morgan fingerprint density at radius 1 is 0.848 bits per heavy atom. The van der Waals surface area contributed by atoms with Crippen molar-refractivity contribution < 1.29 is 14.3 Å². The minimum Gasteiger partial charge on any atom is -0.491 e. The average Bonchev–Trinajstić information content (AvgIpc) is 3.27. The van der Waals surface area contributed by atoms with Crippen LogP contribution in [0.25, 0.3) is 11.3 Å². The standard InChI is InChI=1S/C27H27N3O3/c31-26(21-32-16-17-33-25-14-8-3-9-15-25)28-18-24-20-30(19-22-10-4-1-5-11-22)29-27(24)23-12-6-2-7-13-23/h1-15,20H,16-19,21H2,(H,28,31). The normalized spacial score (nSPS) is 10.7. The topological polar surface area (TPSA) is 65.4 Å². The van der Waals surface area contributed by atoms with Crippen LogP contribution in [0.5, 0.6) is 5.75 Å². The lowest BCUT2D eigenvalue weighted by molar-refractivity contribution is -0.126. The van der Waals surface area contributed by atoms with E-state index in [9.17, 15) is 4.79 Å². The van der Waals surface area contributed by atoms with Crippen molar-refractivity contribution in [3.05, 3.63) is 108 Å². The number of aromatic nitrogens is 2. The number of hydrogen-bond donors (Lipinski definition) is 1. The van der Waals surface area contributed by atoms with Crippen molar-refractivity contribution in [2.75, 3.05) is 19.8 Å². The van der Waals surface area contributed by atoms with Gasteiger partial charge >= 0.3 is 0 Å². The van der Waals surface area contributed by atoms with Crippen LogP contribution >= 0.6 is 0 Å². The Morgan fingerprint density at radius 2 is 1.52 bits per heavy atom. The van der Waals surface area contributed by atoms with Crippen LogP contribution in [0.2, 0.25) is 0 Å². The van der Waals surface area contributed by atoms with Gasteiger partial charge in [-0.25, -0.2) is 0 Å². The van der Waals surface area contributed by atoms with E-state index in [2.05, 4.69) is 17.4 Å². The van der Waals surface area contributed by atoms with Crippen LogP contribution in [0, 0.1) is 0 Å². The molecule has 1 amide bonds. The number of nitrogens with one attached hydrogen (secondary N) is 1. The van der Waals surface area contributed by atoms with Crippen LogP contribution in [0.3, 0.4) is 0 Å². The second kappa shape index (κ2) is 11.6. The predicted molar refractivity (Wildman–Crippen MR) is 128 cm³/mol. The van der Waals surface area contributed by atoms with Crippen molar-refractivity contribution in [1.82, 2.24) is 15.1 Å². The molecule has 0 saturated heterocycles. The number of amides is 1. The number of para-hydroxylation sites is 1. The van der Waals surface area contributed by atoms with Crippen molar-refractivity contribution in [2.45, 2.75) is 13.1 Å². The highest BCUT2D eigenvalue weighted by Crippen LogP contribution is 2.22. The SMILES string of the molecule is O=C(COCCOc1ccccc1)NCc1cn(Cc2ccccc2)nc1-c1ccccc1. The fourth-order valence-electron chi connectivity index (χ4n) is 3.43. The molecule has 6 heteroatoms. The first kappa shape index (κ1) is 22.3. The molecule has 1 heterocycles. The summed E-state index contributed by atoms with van der Waals surface area (Å²) in [6, 6.07) is 29.7. The molecular weight excluding hydrogens is 414 g/mol. The molecule has 3 aromatic carbocycles. The molecule has 0 unspecified atom stereocenters. The lowest BCUT2D eigenvalue weighted by Crippen LogP contribution is -2.28. The summed E-state index contributed by atoms with van der Waals surface area (Å²) >= 11 is 0. The Bertz CT molecular complexity index is 1130. The van der Waals surface area contributed by atoms with Crippen molar-refractivity contribution in [3.63, 3.8) is 0 Å². The van der Waals surface area contributed by atoms with Gasteiger partial charge in [0.2, 0.25) is 5.91 Å². The molecular formula is C27H27N3O3. The number of nitrogens with zero attached hydrogens (tertiary/aromatic N) is 2. The zero-order valence-electron chi connectivity index (χ0n) is 18.4. The molecule has 0 radical (unpaired) electrons. The zero-order chi connectivity index (χ0) is 22.7. The number of carbonyl (C=O) groups excluding carboxylic acids is 1. The van der Waals surface area contributed by atoms with E-state index < -0.39 is 0 Å². The molecule has 0 atom stereocenters. The number of benzene rings is 3. The highest BCUT2D eigenvalue weighted by molar-refractivity contribution is 5.77. The monoisotopic (exact) mass is 441 g/mol. The molecule has 0 aliphatic heterocycles. The number of ether oxygens (including phenoxy) is 2. The van der Waals surface area contributed by atoms with Crippen molar-refractivity contribution >= 4 is 5.91 Å². The summed E-state index contributed by atoms with van der Waals surface area (Å²) in [5.74, 6) is 0.607. The Kier molecular flexibility index (Phi) is 7.87. The molecule has 1 aromatic heterocycles. The van der Waals surface area contributed by atoms with E-state index in [1.807, 2.05) is 89.7 Å². The van der Waals surface area contributed by atoms with Crippen LogP contribution in [-0.4, -0.2) is 35.5 Å². The van der Waals surface area contributed by atoms with Crippen molar-refractivity contribution in [3.8, 4) is 17.0 Å². The molecule has 4 aromatic rings. The highest BCUT2D eigenvalue weighted by atomic mass is 16.5. The number of rotatable bonds is 11. The van der Waals surface area contributed by atoms with Gasteiger partial charge in [-0.2, -0.15) is 5.10 Å². The van der Waals surface area contributed by atoms with Crippen LogP contribution in [0.1, 0.15) is 11.1 Å². The van der Waals surface area contributed by atoms with E-state index in [0.29, 0.717) is 26.3 Å². The Hall–Kier alpha value is -3.90. The minimum atomic E-state index is -0.176. The van der Waals surface area contributed by atoms with Crippen LogP contribution in [0.15, 0.2) is 97.2 Å². The summed E-state index contributed by atoms with van der Waals surface area (Å²) in [4.78, 5) is 12.3. The quantitative estimate of drug-likeness (QED) is 0.352. The minimum absolute atomic E-state index is 0.0169. The van der Waals surface area contributed by atoms with Crippen LogP contribution < -0.4 is 10.1 Å². The van der Waals surface area contributed by atoms with Crippen LogP contribution in [0.4, 0.5) is 0 Å². The van der Waals surface area contributed by atoms with Gasteiger partial charge in [0.15, 0.2) is 0 Å². The van der Waals surface area contributed by atoms with Crippen molar-refractivity contribution in [1.29, 1.82) is 0 Å². The third-order valence-electron chi connectivity index (χ3n) is 5.02. The largest absolute Gasteiger partial charge is 0.491 e. The van der Waals surface area contributed by atoms with Crippen molar-refractivity contribution in [2.24, 2.45) is 0 Å². The summed E-state index contributed by atoms with van der Waals surface area (Å²) in [6.45, 7) is 1.76. The van der Waals surface area contributed by atoms with Gasteiger partial charge in [0, 0.05) is 23.9 Å². The first-order chi connectivity index (χ1) is 16.3. The summed E-state index contributed by atoms with van der Waals surface area (Å²) in [5, 5.41) is 7.72. The summed E-state index contributed by atoms with van der Waals surface area (Å²) in [7, 11) is 0. The zero-order valence-corrected chi connectivity index (χ0v) is 18.4.